The normalized spacial score (nSPS) is 18.4. The van der Waals surface area contributed by atoms with Crippen molar-refractivity contribution in [3.63, 3.8) is 0 Å². The summed E-state index contributed by atoms with van der Waals surface area (Å²) in [5, 5.41) is 8.34. The Labute approximate surface area is 205 Å². The summed E-state index contributed by atoms with van der Waals surface area (Å²) in [5.74, 6) is -0.290. The second-order valence-electron chi connectivity index (χ2n) is 8.44. The summed E-state index contributed by atoms with van der Waals surface area (Å²) in [6.07, 6.45) is -0.993. The van der Waals surface area contributed by atoms with E-state index in [0.29, 0.717) is 16.8 Å². The Balaban J connectivity index is 1.54. The van der Waals surface area contributed by atoms with E-state index in [4.69, 9.17) is 4.74 Å². The molecule has 1 amide bonds. The van der Waals surface area contributed by atoms with E-state index in [1.807, 2.05) is 0 Å². The largest absolute Gasteiger partial charge is 0.416 e. The molecule has 0 aliphatic carbocycles. The van der Waals surface area contributed by atoms with Crippen molar-refractivity contribution < 1.29 is 31.1 Å². The maximum absolute atomic E-state index is 12.8. The van der Waals surface area contributed by atoms with Gasteiger partial charge in [-0.25, -0.2) is 13.1 Å². The number of carbonyl (C=O) groups excluding carboxylic acids is 1. The molecule has 190 valence electrons. The number of hydrogen-bond donors (Lipinski definition) is 0. The third kappa shape index (κ3) is 5.65. The fourth-order valence-corrected chi connectivity index (χ4v) is 4.60. The van der Waals surface area contributed by atoms with Gasteiger partial charge in [-0.1, -0.05) is 36.1 Å². The van der Waals surface area contributed by atoms with Gasteiger partial charge in [-0.2, -0.15) is 13.2 Å². The molecule has 1 aliphatic heterocycles. The zero-order valence-electron chi connectivity index (χ0n) is 19.2. The second-order valence-corrected chi connectivity index (χ2v) is 10.5. The number of ether oxygens (including phenoxy) is 1. The highest BCUT2D eigenvalue weighted by Gasteiger charge is 2.37. The average Bonchev–Trinajstić information content (AvgIpc) is 3.49. The molecule has 8 nitrogen and oxygen atoms in total. The number of hydrogen-bond acceptors (Lipinski definition) is 6. The molecule has 1 aliphatic rings. The summed E-state index contributed by atoms with van der Waals surface area (Å²) in [6, 6.07) is 10.6. The van der Waals surface area contributed by atoms with Gasteiger partial charge in [0.15, 0.2) is 9.84 Å². The predicted octanol–water partition coefficient (Wildman–Crippen LogP) is 3.52. The Bertz CT molecular complexity index is 1370. The van der Waals surface area contributed by atoms with Crippen LogP contribution >= 0.6 is 0 Å². The Morgan fingerprint density at radius 1 is 1.19 bits per heavy atom. The molecule has 0 bridgehead atoms. The summed E-state index contributed by atoms with van der Waals surface area (Å²) in [6.45, 7) is 4.04. The predicted molar refractivity (Wildman–Crippen MR) is 124 cm³/mol. The van der Waals surface area contributed by atoms with Crippen molar-refractivity contribution in [2.24, 2.45) is 0 Å². The van der Waals surface area contributed by atoms with Crippen LogP contribution in [-0.2, 0) is 32.2 Å². The van der Waals surface area contributed by atoms with Crippen molar-refractivity contribution in [1.29, 1.82) is 0 Å². The monoisotopic (exact) mass is 520 g/mol. The van der Waals surface area contributed by atoms with Crippen molar-refractivity contribution in [2.45, 2.75) is 29.8 Å². The minimum atomic E-state index is -4.42. The van der Waals surface area contributed by atoms with Crippen molar-refractivity contribution >= 4 is 15.7 Å². The number of amides is 1. The number of nitrogens with zero attached hydrogens (tertiary/aromatic N) is 4. The van der Waals surface area contributed by atoms with E-state index in [-0.39, 0.29) is 30.5 Å². The van der Waals surface area contributed by atoms with Crippen LogP contribution in [0.3, 0.4) is 0 Å². The first kappa shape index (κ1) is 25.6. The zero-order valence-corrected chi connectivity index (χ0v) is 20.0. The molecule has 3 aromatic rings. The van der Waals surface area contributed by atoms with Crippen LogP contribution in [0.2, 0.25) is 0 Å². The number of benzene rings is 2. The van der Waals surface area contributed by atoms with Crippen LogP contribution in [0.5, 0.6) is 0 Å². The Morgan fingerprint density at radius 2 is 1.92 bits per heavy atom. The van der Waals surface area contributed by atoms with E-state index in [0.717, 1.165) is 18.4 Å². The fourth-order valence-electron chi connectivity index (χ4n) is 3.93. The molecule has 36 heavy (non-hydrogen) atoms. The van der Waals surface area contributed by atoms with Gasteiger partial charge in [0.05, 0.1) is 35.4 Å². The molecule has 2 heterocycles. The van der Waals surface area contributed by atoms with Gasteiger partial charge < -0.3 is 9.64 Å². The molecule has 0 spiro atoms. The number of halogens is 3. The summed E-state index contributed by atoms with van der Waals surface area (Å²) < 4.78 is 69.8. The summed E-state index contributed by atoms with van der Waals surface area (Å²) >= 11 is 0. The molecule has 0 radical (unpaired) electrons. The molecule has 1 aromatic heterocycles. The summed E-state index contributed by atoms with van der Waals surface area (Å²) in [7, 11) is -3.41. The Morgan fingerprint density at radius 3 is 2.56 bits per heavy atom. The lowest BCUT2D eigenvalue weighted by Crippen LogP contribution is -2.28. The minimum Gasteiger partial charge on any atom is -0.369 e. The molecule has 0 saturated carbocycles. The lowest BCUT2D eigenvalue weighted by Gasteiger charge is -2.19. The molecule has 0 unspecified atom stereocenters. The maximum atomic E-state index is 12.8. The molecule has 12 heteroatoms. The highest BCUT2D eigenvalue weighted by Crippen LogP contribution is 2.30. The van der Waals surface area contributed by atoms with E-state index in [1.165, 1.54) is 30.3 Å². The van der Waals surface area contributed by atoms with Gasteiger partial charge in [-0.05, 0) is 35.9 Å². The summed E-state index contributed by atoms with van der Waals surface area (Å²) in [4.78, 5) is 13.9. The standard InChI is InChI=1S/C24H23F3N4O4S/c1-3-23(32)30-13-21(22(14-30)35-15-16-7-9-18(10-8-16)24(25,26)27)31-12-20(28-29-31)17-5-4-6-19(11-17)36(2,33)34/h3-12,21-22H,1,13-15H2,2H3/t21-,22-/m1/s1. The molecule has 4 rings (SSSR count). The number of carbonyl (C=O) groups is 1. The van der Waals surface area contributed by atoms with Gasteiger partial charge in [0.1, 0.15) is 5.69 Å². The lowest BCUT2D eigenvalue weighted by molar-refractivity contribution is -0.137. The van der Waals surface area contributed by atoms with Crippen molar-refractivity contribution in [3.05, 3.63) is 78.5 Å². The van der Waals surface area contributed by atoms with Crippen molar-refractivity contribution in [2.75, 3.05) is 19.3 Å². The minimum absolute atomic E-state index is 0.0351. The van der Waals surface area contributed by atoms with Crippen LogP contribution in [0.25, 0.3) is 11.3 Å². The van der Waals surface area contributed by atoms with Gasteiger partial charge >= 0.3 is 6.18 Å². The smallest absolute Gasteiger partial charge is 0.369 e. The SMILES string of the molecule is C=CC(=O)N1C[C@@H](n2cc(-c3cccc(S(C)(=O)=O)c3)nn2)[C@H](OCc2ccc(C(F)(F)F)cc2)C1. The lowest BCUT2D eigenvalue weighted by atomic mass is 10.1. The van der Waals surface area contributed by atoms with Gasteiger partial charge in [0, 0.05) is 24.9 Å². The first-order chi connectivity index (χ1) is 17.0. The van der Waals surface area contributed by atoms with Gasteiger partial charge in [0.2, 0.25) is 5.91 Å². The Hall–Kier alpha value is -3.51. The quantitative estimate of drug-likeness (QED) is 0.443. The molecule has 0 N–H and O–H groups in total. The van der Waals surface area contributed by atoms with Crippen molar-refractivity contribution in [1.82, 2.24) is 19.9 Å². The third-order valence-electron chi connectivity index (χ3n) is 5.88. The van der Waals surface area contributed by atoms with E-state index >= 15 is 0 Å². The number of likely N-dealkylation sites (tertiary alicyclic amines) is 1. The van der Waals surface area contributed by atoms with E-state index in [1.54, 1.807) is 27.9 Å². The second kappa shape index (κ2) is 9.86. The number of aromatic nitrogens is 3. The van der Waals surface area contributed by atoms with E-state index in [9.17, 15) is 26.4 Å². The van der Waals surface area contributed by atoms with E-state index < -0.39 is 33.7 Å². The number of alkyl halides is 3. The van der Waals surface area contributed by atoms with Gasteiger partial charge in [-0.3, -0.25) is 4.79 Å². The van der Waals surface area contributed by atoms with Crippen LogP contribution in [0.15, 0.2) is 72.3 Å². The van der Waals surface area contributed by atoms with Crippen molar-refractivity contribution in [3.8, 4) is 11.3 Å². The maximum Gasteiger partial charge on any atom is 0.416 e. The van der Waals surface area contributed by atoms with Crippen LogP contribution < -0.4 is 0 Å². The van der Waals surface area contributed by atoms with Gasteiger partial charge in [-0.15, -0.1) is 5.10 Å². The fraction of sp³-hybridized carbons (Fsp3) is 0.292. The molecular weight excluding hydrogens is 497 g/mol. The third-order valence-corrected chi connectivity index (χ3v) is 6.99. The van der Waals surface area contributed by atoms with Crippen LogP contribution in [0, 0.1) is 0 Å². The Kier molecular flexibility index (Phi) is 7.01. The van der Waals surface area contributed by atoms with Crippen LogP contribution in [-0.4, -0.2) is 59.7 Å². The highest BCUT2D eigenvalue weighted by atomic mass is 32.2. The first-order valence-corrected chi connectivity index (χ1v) is 12.8. The topological polar surface area (TPSA) is 94.4 Å². The summed E-state index contributed by atoms with van der Waals surface area (Å²) in [5.41, 5.74) is 0.800. The number of rotatable bonds is 7. The first-order valence-electron chi connectivity index (χ1n) is 10.9. The average molecular weight is 521 g/mol. The molecule has 1 fully saturated rings. The van der Waals surface area contributed by atoms with E-state index in [2.05, 4.69) is 16.9 Å². The van der Waals surface area contributed by atoms with Crippen LogP contribution in [0.4, 0.5) is 13.2 Å². The molecular formula is C24H23F3N4O4S. The van der Waals surface area contributed by atoms with Gasteiger partial charge in [0.25, 0.3) is 0 Å². The van der Waals surface area contributed by atoms with Crippen LogP contribution in [0.1, 0.15) is 17.2 Å². The molecule has 2 atom stereocenters. The highest BCUT2D eigenvalue weighted by molar-refractivity contribution is 7.90. The number of sulfone groups is 1. The molecule has 1 saturated heterocycles. The zero-order chi connectivity index (χ0) is 26.1. The molecule has 2 aromatic carbocycles.